The first kappa shape index (κ1) is 18.9. The van der Waals surface area contributed by atoms with Gasteiger partial charge in [0.25, 0.3) is 5.91 Å². The molecule has 4 aromatic rings. The number of carbonyl (C=O) groups excluding carboxylic acids is 1. The molecule has 0 fully saturated rings. The molecule has 1 atom stereocenters. The maximum absolute atomic E-state index is 12.4. The number of hydrogen-bond acceptors (Lipinski definition) is 6. The molecule has 0 radical (unpaired) electrons. The lowest BCUT2D eigenvalue weighted by molar-refractivity contribution is 0.0934. The van der Waals surface area contributed by atoms with Crippen molar-refractivity contribution < 1.29 is 13.9 Å². The number of ether oxygens (including phenoxy) is 1. The summed E-state index contributed by atoms with van der Waals surface area (Å²) in [6, 6.07) is 12.5. The second-order valence-corrected chi connectivity index (χ2v) is 6.81. The third kappa shape index (κ3) is 4.52. The van der Waals surface area contributed by atoms with Gasteiger partial charge in [-0.2, -0.15) is 0 Å². The molecule has 0 aliphatic heterocycles. The molecule has 7 nitrogen and oxygen atoms in total. The first-order valence-electron chi connectivity index (χ1n) is 8.93. The summed E-state index contributed by atoms with van der Waals surface area (Å²) in [6.45, 7) is 1.97. The van der Waals surface area contributed by atoms with E-state index in [4.69, 9.17) is 20.8 Å². The Kier molecular flexibility index (Phi) is 5.39. The molecule has 0 saturated heterocycles. The number of aromatic nitrogens is 3. The van der Waals surface area contributed by atoms with Crippen LogP contribution in [0.3, 0.4) is 0 Å². The van der Waals surface area contributed by atoms with Crippen LogP contribution in [0.2, 0.25) is 5.02 Å². The first-order chi connectivity index (χ1) is 14.1. The number of fused-ring (bicyclic) bond motifs is 1. The van der Waals surface area contributed by atoms with Crippen molar-refractivity contribution >= 4 is 28.5 Å². The van der Waals surface area contributed by atoms with E-state index in [1.165, 1.54) is 6.26 Å². The second-order valence-electron chi connectivity index (χ2n) is 6.37. The van der Waals surface area contributed by atoms with Crippen molar-refractivity contribution in [2.24, 2.45) is 0 Å². The molecule has 0 aliphatic carbocycles. The minimum atomic E-state index is -0.330. The van der Waals surface area contributed by atoms with Crippen LogP contribution in [0.4, 0.5) is 0 Å². The van der Waals surface area contributed by atoms with Crippen molar-refractivity contribution in [2.45, 2.75) is 19.6 Å². The van der Waals surface area contributed by atoms with Gasteiger partial charge in [0.05, 0.1) is 17.1 Å². The number of halogens is 1. The Morgan fingerprint density at radius 2 is 1.90 bits per heavy atom. The van der Waals surface area contributed by atoms with Crippen LogP contribution >= 0.6 is 11.6 Å². The van der Waals surface area contributed by atoms with Gasteiger partial charge in [-0.25, -0.2) is 4.98 Å². The lowest BCUT2D eigenvalue weighted by Gasteiger charge is -2.13. The fraction of sp³-hybridized carbons (Fsp3) is 0.143. The molecular weight excluding hydrogens is 392 g/mol. The maximum Gasteiger partial charge on any atom is 0.273 e. The molecule has 0 saturated carbocycles. The van der Waals surface area contributed by atoms with Gasteiger partial charge in [-0.3, -0.25) is 14.8 Å². The van der Waals surface area contributed by atoms with E-state index in [0.717, 1.165) is 16.6 Å². The monoisotopic (exact) mass is 408 g/mol. The molecule has 0 bridgehead atoms. The van der Waals surface area contributed by atoms with Crippen molar-refractivity contribution in [1.29, 1.82) is 0 Å². The zero-order valence-electron chi connectivity index (χ0n) is 15.5. The number of benzene rings is 2. The third-order valence-corrected chi connectivity index (χ3v) is 4.56. The first-order valence-corrected chi connectivity index (χ1v) is 9.30. The SMILES string of the molecule is C[C@@H](NC(=O)c1coc(COc2ccc3nccnc3c2)n1)c1ccc(Cl)cc1. The van der Waals surface area contributed by atoms with E-state index >= 15 is 0 Å². The van der Waals surface area contributed by atoms with E-state index < -0.39 is 0 Å². The van der Waals surface area contributed by atoms with E-state index in [9.17, 15) is 4.79 Å². The lowest BCUT2D eigenvalue weighted by atomic mass is 10.1. The quantitative estimate of drug-likeness (QED) is 0.510. The van der Waals surface area contributed by atoms with Crippen LogP contribution < -0.4 is 10.1 Å². The van der Waals surface area contributed by atoms with E-state index in [2.05, 4.69) is 20.3 Å². The normalized spacial score (nSPS) is 11.9. The van der Waals surface area contributed by atoms with E-state index in [-0.39, 0.29) is 24.2 Å². The number of rotatable bonds is 6. The molecule has 0 unspecified atom stereocenters. The van der Waals surface area contributed by atoms with Crippen molar-refractivity contribution in [3.05, 3.63) is 83.3 Å². The van der Waals surface area contributed by atoms with Gasteiger partial charge >= 0.3 is 0 Å². The molecule has 4 rings (SSSR count). The van der Waals surface area contributed by atoms with Crippen molar-refractivity contribution in [1.82, 2.24) is 20.3 Å². The van der Waals surface area contributed by atoms with Gasteiger partial charge in [0.2, 0.25) is 5.89 Å². The summed E-state index contributed by atoms with van der Waals surface area (Å²) in [7, 11) is 0. The molecule has 2 aromatic heterocycles. The second kappa shape index (κ2) is 8.28. The molecule has 1 amide bonds. The molecule has 8 heteroatoms. The molecule has 2 heterocycles. The third-order valence-electron chi connectivity index (χ3n) is 4.31. The largest absolute Gasteiger partial charge is 0.484 e. The number of amides is 1. The number of hydrogen-bond donors (Lipinski definition) is 1. The van der Waals surface area contributed by atoms with Gasteiger partial charge < -0.3 is 14.5 Å². The van der Waals surface area contributed by atoms with Gasteiger partial charge in [-0.15, -0.1) is 0 Å². The van der Waals surface area contributed by atoms with Crippen LogP contribution in [-0.2, 0) is 6.61 Å². The highest BCUT2D eigenvalue weighted by Gasteiger charge is 2.16. The molecule has 29 heavy (non-hydrogen) atoms. The Bertz CT molecular complexity index is 1140. The van der Waals surface area contributed by atoms with Crippen LogP contribution in [0.25, 0.3) is 11.0 Å². The van der Waals surface area contributed by atoms with Gasteiger partial charge in [0.15, 0.2) is 12.3 Å². The molecule has 0 spiro atoms. The topological polar surface area (TPSA) is 90.1 Å². The zero-order valence-corrected chi connectivity index (χ0v) is 16.3. The number of nitrogens with zero attached hydrogens (tertiary/aromatic N) is 3. The van der Waals surface area contributed by atoms with Gasteiger partial charge in [0, 0.05) is 23.5 Å². The summed E-state index contributed by atoms with van der Waals surface area (Å²) < 4.78 is 11.0. The standard InChI is InChI=1S/C21H17ClN4O3/c1-13(14-2-4-15(22)5-3-14)25-21(27)19-11-29-20(26-19)12-28-16-6-7-17-18(10-16)24-9-8-23-17/h2-11,13H,12H2,1H3,(H,25,27)/t13-/m1/s1. The van der Waals surface area contributed by atoms with E-state index in [1.807, 2.05) is 25.1 Å². The summed E-state index contributed by atoms with van der Waals surface area (Å²) in [6.07, 6.45) is 4.57. The molecule has 146 valence electrons. The summed E-state index contributed by atoms with van der Waals surface area (Å²) in [5.74, 6) is 0.579. The Morgan fingerprint density at radius 3 is 2.69 bits per heavy atom. The molecule has 0 aliphatic rings. The molecule has 2 aromatic carbocycles. The van der Waals surface area contributed by atoms with Gasteiger partial charge in [-0.1, -0.05) is 23.7 Å². The van der Waals surface area contributed by atoms with Crippen molar-refractivity contribution in [3.63, 3.8) is 0 Å². The maximum atomic E-state index is 12.4. The van der Waals surface area contributed by atoms with Crippen molar-refractivity contribution in [3.8, 4) is 5.75 Å². The Labute approximate surface area is 171 Å². The average molecular weight is 409 g/mol. The van der Waals surface area contributed by atoms with E-state index in [1.54, 1.807) is 36.7 Å². The fourth-order valence-electron chi connectivity index (χ4n) is 2.76. The summed E-state index contributed by atoms with van der Waals surface area (Å²) in [5.41, 5.74) is 2.64. The molecule has 1 N–H and O–H groups in total. The van der Waals surface area contributed by atoms with Crippen LogP contribution in [0, 0.1) is 0 Å². The Hall–Kier alpha value is -3.45. The van der Waals surface area contributed by atoms with E-state index in [0.29, 0.717) is 16.7 Å². The number of oxazole rings is 1. The highest BCUT2D eigenvalue weighted by molar-refractivity contribution is 6.30. The minimum Gasteiger partial charge on any atom is -0.484 e. The summed E-state index contributed by atoms with van der Waals surface area (Å²) in [5, 5.41) is 3.52. The minimum absolute atomic E-state index is 0.0891. The van der Waals surface area contributed by atoms with Gasteiger partial charge in [-0.05, 0) is 36.8 Å². The number of nitrogens with one attached hydrogen (secondary N) is 1. The average Bonchev–Trinajstić information content (AvgIpc) is 3.22. The molecular formula is C21H17ClN4O3. The Morgan fingerprint density at radius 1 is 1.14 bits per heavy atom. The van der Waals surface area contributed by atoms with Crippen molar-refractivity contribution in [2.75, 3.05) is 0 Å². The zero-order chi connectivity index (χ0) is 20.2. The van der Waals surface area contributed by atoms with Crippen LogP contribution in [-0.4, -0.2) is 20.9 Å². The highest BCUT2D eigenvalue weighted by Crippen LogP contribution is 2.19. The summed E-state index contributed by atoms with van der Waals surface area (Å²) >= 11 is 5.90. The van der Waals surface area contributed by atoms with Crippen LogP contribution in [0.1, 0.15) is 34.9 Å². The predicted octanol–water partition coefficient (Wildman–Crippen LogP) is 4.34. The van der Waals surface area contributed by atoms with Crippen LogP contribution in [0.5, 0.6) is 5.75 Å². The smallest absolute Gasteiger partial charge is 0.273 e. The predicted molar refractivity (Wildman–Crippen MR) is 108 cm³/mol. The highest BCUT2D eigenvalue weighted by atomic mass is 35.5. The van der Waals surface area contributed by atoms with Crippen LogP contribution in [0.15, 0.2) is 65.5 Å². The fourth-order valence-corrected chi connectivity index (χ4v) is 2.89. The number of carbonyl (C=O) groups is 1. The van der Waals surface area contributed by atoms with Gasteiger partial charge in [0.1, 0.15) is 12.0 Å². The Balaban J connectivity index is 1.37. The summed E-state index contributed by atoms with van der Waals surface area (Å²) in [4.78, 5) is 25.1. The lowest BCUT2D eigenvalue weighted by Crippen LogP contribution is -2.26.